The van der Waals surface area contributed by atoms with Crippen molar-refractivity contribution in [1.82, 2.24) is 10.2 Å². The van der Waals surface area contributed by atoms with Crippen molar-refractivity contribution < 1.29 is 9.53 Å². The molecule has 0 bridgehead atoms. The van der Waals surface area contributed by atoms with Crippen molar-refractivity contribution in [3.8, 4) is 0 Å². The van der Waals surface area contributed by atoms with E-state index in [4.69, 9.17) is 10.5 Å². The monoisotopic (exact) mass is 355 g/mol. The highest BCUT2D eigenvalue weighted by Gasteiger charge is 2.29. The van der Waals surface area contributed by atoms with E-state index in [1.54, 1.807) is 6.92 Å². The van der Waals surface area contributed by atoms with Gasteiger partial charge in [-0.15, -0.1) is 12.4 Å². The smallest absolute Gasteiger partial charge is 0.239 e. The third-order valence-corrected chi connectivity index (χ3v) is 4.41. The van der Waals surface area contributed by atoms with Crippen LogP contribution in [0.5, 0.6) is 0 Å². The topological polar surface area (TPSA) is 67.6 Å². The summed E-state index contributed by atoms with van der Waals surface area (Å²) in [6.45, 7) is 7.65. The molecule has 1 amide bonds. The number of ether oxygens (including phenoxy) is 1. The standard InChI is InChI=1S/C18H29N3O2.ClH/c1-3-9-18(2,19)17(22)20-14-16(15-7-5-4-6-8-15)21-10-12-23-13-11-21;/h4-8,16H,3,9-14,19H2,1-2H3,(H,20,22);1H. The average molecular weight is 356 g/mol. The van der Waals surface area contributed by atoms with Crippen LogP contribution in [0.15, 0.2) is 30.3 Å². The number of nitrogens with one attached hydrogen (secondary N) is 1. The van der Waals surface area contributed by atoms with E-state index < -0.39 is 5.54 Å². The molecule has 1 heterocycles. The summed E-state index contributed by atoms with van der Waals surface area (Å²) in [4.78, 5) is 14.8. The molecule has 6 heteroatoms. The normalized spacial score (nSPS) is 19.0. The number of nitrogens with two attached hydrogens (primary N) is 1. The molecule has 0 aromatic heterocycles. The van der Waals surface area contributed by atoms with Crippen LogP contribution in [0, 0.1) is 0 Å². The number of benzene rings is 1. The highest BCUT2D eigenvalue weighted by molar-refractivity contribution is 5.85. The first kappa shape index (κ1) is 20.9. The molecule has 0 radical (unpaired) electrons. The second-order valence-electron chi connectivity index (χ2n) is 6.45. The summed E-state index contributed by atoms with van der Waals surface area (Å²) in [7, 11) is 0. The SMILES string of the molecule is CCCC(C)(N)C(=O)NCC(c1ccccc1)N1CCOCC1.Cl. The summed E-state index contributed by atoms with van der Waals surface area (Å²) in [5, 5.41) is 3.06. The zero-order chi connectivity index (χ0) is 16.7. The fourth-order valence-electron chi connectivity index (χ4n) is 3.05. The Labute approximate surface area is 151 Å². The van der Waals surface area contributed by atoms with Gasteiger partial charge in [-0.25, -0.2) is 0 Å². The Morgan fingerprint density at radius 3 is 2.54 bits per heavy atom. The van der Waals surface area contributed by atoms with Crippen LogP contribution in [-0.4, -0.2) is 49.2 Å². The molecule has 1 aliphatic heterocycles. The molecule has 1 aromatic carbocycles. The highest BCUT2D eigenvalue weighted by atomic mass is 35.5. The maximum Gasteiger partial charge on any atom is 0.239 e. The molecule has 0 aliphatic carbocycles. The minimum atomic E-state index is -0.805. The quantitative estimate of drug-likeness (QED) is 0.786. The fourth-order valence-corrected chi connectivity index (χ4v) is 3.05. The van der Waals surface area contributed by atoms with Crippen molar-refractivity contribution >= 4 is 18.3 Å². The Hall–Kier alpha value is -1.14. The van der Waals surface area contributed by atoms with E-state index in [0.29, 0.717) is 13.0 Å². The van der Waals surface area contributed by atoms with Gasteiger partial charge in [0.15, 0.2) is 0 Å². The molecule has 1 aliphatic rings. The van der Waals surface area contributed by atoms with Crippen LogP contribution in [-0.2, 0) is 9.53 Å². The van der Waals surface area contributed by atoms with Gasteiger partial charge in [0, 0.05) is 19.6 Å². The summed E-state index contributed by atoms with van der Waals surface area (Å²) in [6.07, 6.45) is 1.58. The molecule has 0 spiro atoms. The first-order valence-electron chi connectivity index (χ1n) is 8.48. The first-order valence-corrected chi connectivity index (χ1v) is 8.48. The molecule has 2 atom stereocenters. The zero-order valence-corrected chi connectivity index (χ0v) is 15.5. The predicted octanol–water partition coefficient (Wildman–Crippen LogP) is 2.12. The number of hydrogen-bond acceptors (Lipinski definition) is 4. The van der Waals surface area contributed by atoms with E-state index >= 15 is 0 Å². The van der Waals surface area contributed by atoms with Crippen molar-refractivity contribution in [3.05, 3.63) is 35.9 Å². The lowest BCUT2D eigenvalue weighted by Crippen LogP contribution is -2.53. The van der Waals surface area contributed by atoms with E-state index in [1.807, 2.05) is 25.1 Å². The summed E-state index contributed by atoms with van der Waals surface area (Å²) >= 11 is 0. The third kappa shape index (κ3) is 5.74. The van der Waals surface area contributed by atoms with Crippen molar-refractivity contribution in [2.45, 2.75) is 38.3 Å². The minimum absolute atomic E-state index is 0. The van der Waals surface area contributed by atoms with Gasteiger partial charge in [-0.3, -0.25) is 9.69 Å². The number of carbonyl (C=O) groups excluding carboxylic acids is 1. The van der Waals surface area contributed by atoms with E-state index in [2.05, 4.69) is 22.3 Å². The lowest BCUT2D eigenvalue weighted by molar-refractivity contribution is -0.126. The molecule has 136 valence electrons. The maximum atomic E-state index is 12.4. The summed E-state index contributed by atoms with van der Waals surface area (Å²) < 4.78 is 5.45. The molecule has 2 unspecified atom stereocenters. The van der Waals surface area contributed by atoms with Crippen molar-refractivity contribution in [3.63, 3.8) is 0 Å². The molecule has 3 N–H and O–H groups in total. The molecule has 5 nitrogen and oxygen atoms in total. The zero-order valence-electron chi connectivity index (χ0n) is 14.7. The lowest BCUT2D eigenvalue weighted by Gasteiger charge is -2.35. The Bertz CT molecular complexity index is 490. The Kier molecular flexibility index (Phi) is 8.70. The van der Waals surface area contributed by atoms with Crippen LogP contribution < -0.4 is 11.1 Å². The average Bonchev–Trinajstić information content (AvgIpc) is 2.57. The largest absolute Gasteiger partial charge is 0.379 e. The van der Waals surface area contributed by atoms with Crippen LogP contribution in [0.2, 0.25) is 0 Å². The summed E-state index contributed by atoms with van der Waals surface area (Å²) in [5.74, 6) is -0.0754. The van der Waals surface area contributed by atoms with Gasteiger partial charge in [-0.1, -0.05) is 43.7 Å². The molecule has 1 fully saturated rings. The number of halogens is 1. The van der Waals surface area contributed by atoms with Gasteiger partial charge >= 0.3 is 0 Å². The van der Waals surface area contributed by atoms with Crippen LogP contribution in [0.1, 0.15) is 38.3 Å². The molecule has 2 rings (SSSR count). The van der Waals surface area contributed by atoms with E-state index in [-0.39, 0.29) is 24.4 Å². The molecular formula is C18H30ClN3O2. The fraction of sp³-hybridized carbons (Fsp3) is 0.611. The van der Waals surface area contributed by atoms with Gasteiger partial charge in [0.1, 0.15) is 0 Å². The van der Waals surface area contributed by atoms with Gasteiger partial charge in [0.05, 0.1) is 24.8 Å². The van der Waals surface area contributed by atoms with Crippen molar-refractivity contribution in [2.24, 2.45) is 5.73 Å². The first-order chi connectivity index (χ1) is 11.0. The van der Waals surface area contributed by atoms with Gasteiger partial charge in [0.2, 0.25) is 5.91 Å². The molecule has 0 saturated carbocycles. The number of hydrogen-bond donors (Lipinski definition) is 2. The number of morpholine rings is 1. The Morgan fingerprint density at radius 2 is 1.96 bits per heavy atom. The number of rotatable bonds is 7. The second kappa shape index (κ2) is 9.99. The third-order valence-electron chi connectivity index (χ3n) is 4.41. The van der Waals surface area contributed by atoms with E-state index in [1.165, 1.54) is 5.56 Å². The van der Waals surface area contributed by atoms with Crippen LogP contribution >= 0.6 is 12.4 Å². The van der Waals surface area contributed by atoms with Gasteiger partial charge < -0.3 is 15.8 Å². The highest BCUT2D eigenvalue weighted by Crippen LogP contribution is 2.21. The van der Waals surface area contributed by atoms with Crippen LogP contribution in [0.4, 0.5) is 0 Å². The predicted molar refractivity (Wildman–Crippen MR) is 99.3 cm³/mol. The van der Waals surface area contributed by atoms with Gasteiger partial charge in [-0.05, 0) is 18.9 Å². The van der Waals surface area contributed by atoms with E-state index in [9.17, 15) is 4.79 Å². The van der Waals surface area contributed by atoms with E-state index in [0.717, 1.165) is 32.7 Å². The van der Waals surface area contributed by atoms with Crippen molar-refractivity contribution in [1.29, 1.82) is 0 Å². The summed E-state index contributed by atoms with van der Waals surface area (Å²) in [6, 6.07) is 10.5. The molecule has 24 heavy (non-hydrogen) atoms. The van der Waals surface area contributed by atoms with Crippen LogP contribution in [0.3, 0.4) is 0 Å². The summed E-state index contributed by atoms with van der Waals surface area (Å²) in [5.41, 5.74) is 6.54. The van der Waals surface area contributed by atoms with Crippen LogP contribution in [0.25, 0.3) is 0 Å². The number of nitrogens with zero attached hydrogens (tertiary/aromatic N) is 1. The number of carbonyl (C=O) groups is 1. The maximum absolute atomic E-state index is 12.4. The van der Waals surface area contributed by atoms with Gasteiger partial charge in [-0.2, -0.15) is 0 Å². The molecule has 1 saturated heterocycles. The Morgan fingerprint density at radius 1 is 1.33 bits per heavy atom. The molecular weight excluding hydrogens is 326 g/mol. The Balaban J connectivity index is 0.00000288. The lowest BCUT2D eigenvalue weighted by atomic mass is 9.96. The van der Waals surface area contributed by atoms with Gasteiger partial charge in [0.25, 0.3) is 0 Å². The number of amides is 1. The van der Waals surface area contributed by atoms with Crippen molar-refractivity contribution in [2.75, 3.05) is 32.8 Å². The second-order valence-corrected chi connectivity index (χ2v) is 6.45. The molecule has 1 aromatic rings. The minimum Gasteiger partial charge on any atom is -0.379 e.